The van der Waals surface area contributed by atoms with Gasteiger partial charge in [0, 0.05) is 11.1 Å². The van der Waals surface area contributed by atoms with E-state index in [1.807, 2.05) is 30.3 Å². The van der Waals surface area contributed by atoms with Crippen LogP contribution in [0.2, 0.25) is 0 Å². The molecular formula is C21H25ClN4O2. The van der Waals surface area contributed by atoms with Crippen molar-refractivity contribution in [2.24, 2.45) is 0 Å². The summed E-state index contributed by atoms with van der Waals surface area (Å²) in [7, 11) is 1.66. The van der Waals surface area contributed by atoms with Crippen molar-refractivity contribution in [3.05, 3.63) is 48.3 Å². The number of nitrogens with one attached hydrogen (secondary N) is 2. The van der Waals surface area contributed by atoms with E-state index >= 15 is 0 Å². The number of fused-ring (bicyclic) bond motifs is 1. The molecule has 2 aromatic carbocycles. The summed E-state index contributed by atoms with van der Waals surface area (Å²) in [6.45, 7) is 4.11. The van der Waals surface area contributed by atoms with Crippen molar-refractivity contribution in [3.63, 3.8) is 0 Å². The molecule has 1 aliphatic rings. The zero-order valence-corrected chi connectivity index (χ0v) is 16.9. The van der Waals surface area contributed by atoms with Crippen LogP contribution in [0.1, 0.15) is 18.4 Å². The van der Waals surface area contributed by atoms with Crippen LogP contribution in [-0.4, -0.2) is 36.3 Å². The Morgan fingerprint density at radius 3 is 2.64 bits per heavy atom. The maximum Gasteiger partial charge on any atom is 0.141 e. The van der Waals surface area contributed by atoms with Gasteiger partial charge in [-0.1, -0.05) is 0 Å². The van der Waals surface area contributed by atoms with Crippen LogP contribution in [0, 0.1) is 6.92 Å². The molecule has 0 aliphatic carbocycles. The highest BCUT2D eigenvalue weighted by atomic mass is 35.5. The van der Waals surface area contributed by atoms with Crippen molar-refractivity contribution in [2.75, 3.05) is 25.5 Å². The SMILES string of the molecule is COc1ccc2ncnc(Nc3ccc(OC4CCNCC4)c(C)c3)c2c1.Cl. The molecule has 3 aromatic rings. The number of benzene rings is 2. The molecule has 0 amide bonds. The number of hydrogen-bond acceptors (Lipinski definition) is 6. The fraction of sp³-hybridized carbons (Fsp3) is 0.333. The Labute approximate surface area is 171 Å². The van der Waals surface area contributed by atoms with Crippen LogP contribution in [-0.2, 0) is 0 Å². The van der Waals surface area contributed by atoms with Crippen LogP contribution < -0.4 is 20.1 Å². The quantitative estimate of drug-likeness (QED) is 0.667. The standard InChI is InChI=1S/C21H24N4O2.ClH/c1-14-11-15(3-6-20(14)27-16-7-9-22-10-8-16)25-21-18-12-17(26-2)4-5-19(18)23-13-24-21;/h3-6,11-13,16,22H,7-10H2,1-2H3,(H,23,24,25);1H. The molecule has 0 bridgehead atoms. The molecule has 2 heterocycles. The lowest BCUT2D eigenvalue weighted by molar-refractivity contribution is 0.161. The first-order chi connectivity index (χ1) is 13.2. The van der Waals surface area contributed by atoms with Crippen molar-refractivity contribution >= 4 is 34.8 Å². The molecule has 2 N–H and O–H groups in total. The summed E-state index contributed by atoms with van der Waals surface area (Å²) < 4.78 is 11.5. The van der Waals surface area contributed by atoms with E-state index in [1.165, 1.54) is 0 Å². The van der Waals surface area contributed by atoms with Crippen LogP contribution in [0.5, 0.6) is 11.5 Å². The normalized spacial score (nSPS) is 14.4. The predicted molar refractivity (Wildman–Crippen MR) is 114 cm³/mol. The van der Waals surface area contributed by atoms with Crippen LogP contribution in [0.3, 0.4) is 0 Å². The molecule has 6 nitrogen and oxygen atoms in total. The van der Waals surface area contributed by atoms with E-state index in [2.05, 4.69) is 33.6 Å². The minimum absolute atomic E-state index is 0. The lowest BCUT2D eigenvalue weighted by Crippen LogP contribution is -2.34. The number of piperidine rings is 1. The van der Waals surface area contributed by atoms with Gasteiger partial charge in [0.2, 0.25) is 0 Å². The third-order valence-corrected chi connectivity index (χ3v) is 4.86. The molecule has 1 aromatic heterocycles. The fourth-order valence-electron chi connectivity index (χ4n) is 3.35. The van der Waals surface area contributed by atoms with Gasteiger partial charge in [0.1, 0.15) is 29.7 Å². The topological polar surface area (TPSA) is 68.3 Å². The van der Waals surface area contributed by atoms with Crippen molar-refractivity contribution < 1.29 is 9.47 Å². The third-order valence-electron chi connectivity index (χ3n) is 4.86. The van der Waals surface area contributed by atoms with Gasteiger partial charge in [0.15, 0.2) is 0 Å². The molecule has 1 aliphatic heterocycles. The van der Waals surface area contributed by atoms with Crippen LogP contribution in [0.4, 0.5) is 11.5 Å². The Bertz CT molecular complexity index is 945. The summed E-state index contributed by atoms with van der Waals surface area (Å²) in [5.74, 6) is 2.48. The number of nitrogens with zero attached hydrogens (tertiary/aromatic N) is 2. The first-order valence-electron chi connectivity index (χ1n) is 9.27. The molecule has 0 unspecified atom stereocenters. The zero-order chi connectivity index (χ0) is 18.6. The summed E-state index contributed by atoms with van der Waals surface area (Å²) in [5.41, 5.74) is 2.94. The number of halogens is 1. The van der Waals surface area contributed by atoms with Gasteiger partial charge in [-0.3, -0.25) is 0 Å². The highest BCUT2D eigenvalue weighted by Crippen LogP contribution is 2.29. The smallest absolute Gasteiger partial charge is 0.141 e. The maximum absolute atomic E-state index is 6.18. The lowest BCUT2D eigenvalue weighted by atomic mass is 10.1. The predicted octanol–water partition coefficient (Wildman–Crippen LogP) is 4.24. The Kier molecular flexibility index (Phi) is 6.54. The van der Waals surface area contributed by atoms with Gasteiger partial charge in [-0.2, -0.15) is 0 Å². The van der Waals surface area contributed by atoms with E-state index in [4.69, 9.17) is 9.47 Å². The second kappa shape index (κ2) is 9.08. The largest absolute Gasteiger partial charge is 0.497 e. The Morgan fingerprint density at radius 2 is 1.89 bits per heavy atom. The monoisotopic (exact) mass is 400 g/mol. The van der Waals surface area contributed by atoms with E-state index in [9.17, 15) is 0 Å². The average molecular weight is 401 g/mol. The number of aromatic nitrogens is 2. The zero-order valence-electron chi connectivity index (χ0n) is 16.1. The van der Waals surface area contributed by atoms with Gasteiger partial charge in [0.05, 0.1) is 12.6 Å². The highest BCUT2D eigenvalue weighted by Gasteiger charge is 2.15. The Morgan fingerprint density at radius 1 is 1.07 bits per heavy atom. The minimum atomic E-state index is 0. The molecule has 28 heavy (non-hydrogen) atoms. The first kappa shape index (κ1) is 20.2. The molecule has 4 rings (SSSR count). The van der Waals surface area contributed by atoms with Crippen LogP contribution in [0.25, 0.3) is 10.9 Å². The second-order valence-electron chi connectivity index (χ2n) is 6.78. The molecule has 148 valence electrons. The van der Waals surface area contributed by atoms with Gasteiger partial charge >= 0.3 is 0 Å². The molecule has 0 radical (unpaired) electrons. The molecular weight excluding hydrogens is 376 g/mol. The van der Waals surface area contributed by atoms with Crippen molar-refractivity contribution in [2.45, 2.75) is 25.9 Å². The van der Waals surface area contributed by atoms with E-state index in [0.717, 1.165) is 65.4 Å². The molecule has 1 saturated heterocycles. The number of methoxy groups -OCH3 is 1. The molecule has 1 fully saturated rings. The highest BCUT2D eigenvalue weighted by molar-refractivity contribution is 5.91. The van der Waals surface area contributed by atoms with E-state index in [1.54, 1.807) is 13.4 Å². The summed E-state index contributed by atoms with van der Waals surface area (Å²) in [4.78, 5) is 8.73. The summed E-state index contributed by atoms with van der Waals surface area (Å²) in [5, 5.41) is 7.68. The van der Waals surface area contributed by atoms with E-state index in [-0.39, 0.29) is 12.4 Å². The second-order valence-corrected chi connectivity index (χ2v) is 6.78. The fourth-order valence-corrected chi connectivity index (χ4v) is 3.35. The number of ether oxygens (including phenoxy) is 2. The summed E-state index contributed by atoms with van der Waals surface area (Å²) in [6, 6.07) is 11.9. The molecule has 0 saturated carbocycles. The molecule has 0 atom stereocenters. The lowest BCUT2D eigenvalue weighted by Gasteiger charge is -2.24. The van der Waals surface area contributed by atoms with E-state index in [0.29, 0.717) is 6.10 Å². The van der Waals surface area contributed by atoms with E-state index < -0.39 is 0 Å². The Balaban J connectivity index is 0.00000225. The number of hydrogen-bond donors (Lipinski definition) is 2. The average Bonchev–Trinajstić information content (AvgIpc) is 2.71. The third kappa shape index (κ3) is 4.46. The van der Waals surface area contributed by atoms with Gasteiger partial charge in [-0.05, 0) is 74.8 Å². The van der Waals surface area contributed by atoms with Gasteiger partial charge in [0.25, 0.3) is 0 Å². The maximum atomic E-state index is 6.18. The van der Waals surface area contributed by atoms with Gasteiger partial charge in [-0.25, -0.2) is 9.97 Å². The molecule has 7 heteroatoms. The number of aryl methyl sites for hydroxylation is 1. The van der Waals surface area contributed by atoms with Crippen molar-refractivity contribution in [3.8, 4) is 11.5 Å². The van der Waals surface area contributed by atoms with Crippen LogP contribution >= 0.6 is 12.4 Å². The molecule has 0 spiro atoms. The van der Waals surface area contributed by atoms with Gasteiger partial charge < -0.3 is 20.1 Å². The minimum Gasteiger partial charge on any atom is -0.497 e. The van der Waals surface area contributed by atoms with Crippen molar-refractivity contribution in [1.82, 2.24) is 15.3 Å². The first-order valence-corrected chi connectivity index (χ1v) is 9.27. The van der Waals surface area contributed by atoms with Gasteiger partial charge in [-0.15, -0.1) is 12.4 Å². The number of anilines is 2. The summed E-state index contributed by atoms with van der Waals surface area (Å²) in [6.07, 6.45) is 3.96. The Hall–Kier alpha value is -2.57. The summed E-state index contributed by atoms with van der Waals surface area (Å²) >= 11 is 0. The number of rotatable bonds is 5. The van der Waals surface area contributed by atoms with Crippen molar-refractivity contribution in [1.29, 1.82) is 0 Å². The van der Waals surface area contributed by atoms with Crippen LogP contribution in [0.15, 0.2) is 42.7 Å².